The molecule has 0 saturated heterocycles. The third-order valence-corrected chi connectivity index (χ3v) is 12.2. The molecule has 3 N–H and O–H groups in total. The van der Waals surface area contributed by atoms with E-state index in [4.69, 9.17) is 0 Å². The van der Waals surface area contributed by atoms with Crippen LogP contribution in [0.15, 0.2) is 72.6 Å². The lowest BCUT2D eigenvalue weighted by molar-refractivity contribution is -0.181. The number of fused-ring (bicyclic) bond motifs is 6. The number of aliphatic hydroxyl groups excluding tert-OH is 1. The van der Waals surface area contributed by atoms with Gasteiger partial charge in [0, 0.05) is 5.41 Å². The zero-order chi connectivity index (χ0) is 32.6. The molecular formula is C37H41FN6O3. The zero-order valence-electron chi connectivity index (χ0n) is 26.8. The fraction of sp³-hybridized carbons (Fsp3) is 0.459. The van der Waals surface area contributed by atoms with Gasteiger partial charge in [0.2, 0.25) is 0 Å². The van der Waals surface area contributed by atoms with Crippen LogP contribution in [0.2, 0.25) is 0 Å². The largest absolute Gasteiger partial charge is 0.393 e. The number of carbonyl (C=O) groups excluding carboxylic acids is 1. The Morgan fingerprint density at radius 3 is 2.68 bits per heavy atom. The molecule has 0 aliphatic heterocycles. The summed E-state index contributed by atoms with van der Waals surface area (Å²) >= 11 is 0. The van der Waals surface area contributed by atoms with E-state index in [1.54, 1.807) is 16.8 Å². The summed E-state index contributed by atoms with van der Waals surface area (Å²) in [5.74, 6) is -0.381. The van der Waals surface area contributed by atoms with E-state index in [-0.39, 0.29) is 35.5 Å². The first-order chi connectivity index (χ1) is 22.6. The van der Waals surface area contributed by atoms with Crippen molar-refractivity contribution in [1.82, 2.24) is 30.1 Å². The zero-order valence-corrected chi connectivity index (χ0v) is 26.8. The second kappa shape index (κ2) is 11.0. The number of halogens is 1. The Kier molecular flexibility index (Phi) is 7.04. The maximum atomic E-state index is 13.8. The number of rotatable bonds is 6. The minimum Gasteiger partial charge on any atom is -0.393 e. The van der Waals surface area contributed by atoms with Crippen molar-refractivity contribution in [3.63, 3.8) is 0 Å². The standard InChI is InChI=1S/C37H41FN6O3/c1-35-17-24-19-40-44(28-11-9-26(38)10-12-28)31(24)16-25(35)8-13-29-30-14-15-37(47,36(30,2)18-32(45)33(29)35)34(46)39-20-27-22-43(42-41-27)21-23-6-4-3-5-7-23/h3-7,9-12,16,19,22,29-30,32-33,45,47H,8,13-15,17-18,20-21H2,1-2H3,(H,39,46). The molecule has 3 saturated carbocycles. The van der Waals surface area contributed by atoms with Crippen molar-refractivity contribution in [2.45, 2.75) is 77.2 Å². The van der Waals surface area contributed by atoms with Gasteiger partial charge in [-0.2, -0.15) is 5.10 Å². The molecule has 9 nitrogen and oxygen atoms in total. The van der Waals surface area contributed by atoms with Crippen molar-refractivity contribution in [2.24, 2.45) is 28.6 Å². The number of nitrogens with one attached hydrogen (secondary N) is 1. The van der Waals surface area contributed by atoms with Crippen molar-refractivity contribution in [3.8, 4) is 5.69 Å². The Balaban J connectivity index is 0.996. The Labute approximate surface area is 273 Å². The van der Waals surface area contributed by atoms with Gasteiger partial charge in [-0.3, -0.25) is 4.79 Å². The van der Waals surface area contributed by atoms with Gasteiger partial charge in [0.15, 0.2) is 0 Å². The summed E-state index contributed by atoms with van der Waals surface area (Å²) in [7, 11) is 0. The molecule has 0 radical (unpaired) electrons. The smallest absolute Gasteiger partial charge is 0.252 e. The van der Waals surface area contributed by atoms with Gasteiger partial charge in [0.05, 0.1) is 43.0 Å². The van der Waals surface area contributed by atoms with Crippen LogP contribution in [0, 0.1) is 34.4 Å². The van der Waals surface area contributed by atoms with E-state index in [9.17, 15) is 19.4 Å². The number of amides is 1. The van der Waals surface area contributed by atoms with Crippen LogP contribution in [-0.2, 0) is 24.3 Å². The molecule has 1 amide bonds. The molecule has 2 heterocycles. The molecule has 7 unspecified atom stereocenters. The molecule has 0 spiro atoms. The van der Waals surface area contributed by atoms with E-state index in [1.807, 2.05) is 54.3 Å². The summed E-state index contributed by atoms with van der Waals surface area (Å²) in [6, 6.07) is 16.4. The van der Waals surface area contributed by atoms with Crippen LogP contribution < -0.4 is 5.32 Å². The van der Waals surface area contributed by atoms with Crippen molar-refractivity contribution in [2.75, 3.05) is 0 Å². The topological polar surface area (TPSA) is 118 Å². The van der Waals surface area contributed by atoms with Crippen molar-refractivity contribution >= 4 is 12.0 Å². The van der Waals surface area contributed by atoms with Gasteiger partial charge in [0.25, 0.3) is 5.91 Å². The van der Waals surface area contributed by atoms with Gasteiger partial charge < -0.3 is 15.5 Å². The van der Waals surface area contributed by atoms with Crippen LogP contribution in [0.5, 0.6) is 0 Å². The van der Waals surface area contributed by atoms with Crippen LogP contribution in [0.3, 0.4) is 0 Å². The Morgan fingerprint density at radius 1 is 1.11 bits per heavy atom. The van der Waals surface area contributed by atoms with Gasteiger partial charge in [-0.25, -0.2) is 13.8 Å². The van der Waals surface area contributed by atoms with E-state index >= 15 is 0 Å². The van der Waals surface area contributed by atoms with E-state index in [0.29, 0.717) is 25.1 Å². The van der Waals surface area contributed by atoms with Crippen LogP contribution in [0.25, 0.3) is 11.8 Å². The average molecular weight is 637 g/mol. The molecule has 8 rings (SSSR count). The number of aliphatic hydroxyl groups is 2. The monoisotopic (exact) mass is 636 g/mol. The van der Waals surface area contributed by atoms with E-state index in [2.05, 4.69) is 33.7 Å². The fourth-order valence-electron chi connectivity index (χ4n) is 9.93. The second-order valence-electron chi connectivity index (χ2n) is 14.7. The van der Waals surface area contributed by atoms with Gasteiger partial charge in [-0.15, -0.1) is 5.10 Å². The highest BCUT2D eigenvalue weighted by Crippen LogP contribution is 2.67. The molecule has 2 aromatic carbocycles. The summed E-state index contributed by atoms with van der Waals surface area (Å²) < 4.78 is 17.2. The molecule has 47 heavy (non-hydrogen) atoms. The van der Waals surface area contributed by atoms with Crippen LogP contribution in [0.1, 0.15) is 68.5 Å². The average Bonchev–Trinajstić information content (AvgIpc) is 3.75. The van der Waals surface area contributed by atoms with E-state index in [1.165, 1.54) is 17.7 Å². The van der Waals surface area contributed by atoms with Gasteiger partial charge in [0.1, 0.15) is 17.1 Å². The Bertz CT molecular complexity index is 1850. The molecule has 4 aliphatic carbocycles. The number of allylic oxidation sites excluding steroid dienone is 1. The lowest BCUT2D eigenvalue weighted by atomic mass is 9.45. The minimum absolute atomic E-state index is 0.00737. The molecule has 10 heteroatoms. The Hall–Kier alpha value is -4.15. The molecule has 2 aromatic heterocycles. The summed E-state index contributed by atoms with van der Waals surface area (Å²) in [5, 5.41) is 40.2. The summed E-state index contributed by atoms with van der Waals surface area (Å²) in [5.41, 5.74) is 3.38. The third kappa shape index (κ3) is 4.70. The first kappa shape index (κ1) is 30.2. The van der Waals surface area contributed by atoms with Crippen LogP contribution in [-0.4, -0.2) is 52.6 Å². The number of benzene rings is 2. The Morgan fingerprint density at radius 2 is 1.89 bits per heavy atom. The molecule has 244 valence electrons. The van der Waals surface area contributed by atoms with Crippen molar-refractivity contribution in [1.29, 1.82) is 0 Å². The molecule has 4 aromatic rings. The highest BCUT2D eigenvalue weighted by Gasteiger charge is 2.68. The summed E-state index contributed by atoms with van der Waals surface area (Å²) in [4.78, 5) is 13.8. The number of aromatic nitrogens is 5. The lowest BCUT2D eigenvalue weighted by Gasteiger charge is -2.60. The molecular weight excluding hydrogens is 595 g/mol. The summed E-state index contributed by atoms with van der Waals surface area (Å²) in [6.45, 7) is 5.04. The lowest BCUT2D eigenvalue weighted by Crippen LogP contribution is -2.63. The predicted octanol–water partition coefficient (Wildman–Crippen LogP) is 4.85. The maximum Gasteiger partial charge on any atom is 0.252 e. The highest BCUT2D eigenvalue weighted by molar-refractivity contribution is 5.86. The van der Waals surface area contributed by atoms with Gasteiger partial charge in [-0.05, 0) is 103 Å². The first-order valence-electron chi connectivity index (χ1n) is 16.7. The first-order valence-corrected chi connectivity index (χ1v) is 16.7. The quantitative estimate of drug-likeness (QED) is 0.279. The highest BCUT2D eigenvalue weighted by atomic mass is 19.1. The number of carbonyl (C=O) groups is 1. The summed E-state index contributed by atoms with van der Waals surface area (Å²) in [6.07, 6.45) is 9.29. The van der Waals surface area contributed by atoms with Crippen molar-refractivity contribution < 1.29 is 19.4 Å². The van der Waals surface area contributed by atoms with Crippen LogP contribution >= 0.6 is 0 Å². The molecule has 3 fully saturated rings. The van der Waals surface area contributed by atoms with Crippen molar-refractivity contribution in [3.05, 3.63) is 101 Å². The minimum atomic E-state index is -1.59. The van der Waals surface area contributed by atoms with Gasteiger partial charge in [-0.1, -0.05) is 55.0 Å². The number of hydrogen-bond donors (Lipinski definition) is 3. The maximum absolute atomic E-state index is 13.8. The normalized spacial score (nSPS) is 32.5. The van der Waals surface area contributed by atoms with E-state index in [0.717, 1.165) is 48.2 Å². The molecule has 0 bridgehead atoms. The molecule has 7 atom stereocenters. The predicted molar refractivity (Wildman–Crippen MR) is 173 cm³/mol. The fourth-order valence-corrected chi connectivity index (χ4v) is 9.93. The number of hydrogen-bond acceptors (Lipinski definition) is 6. The molecule has 4 aliphatic rings. The third-order valence-electron chi connectivity index (χ3n) is 12.2. The number of nitrogens with zero attached hydrogens (tertiary/aromatic N) is 5. The second-order valence-corrected chi connectivity index (χ2v) is 14.7. The van der Waals surface area contributed by atoms with Crippen LogP contribution in [0.4, 0.5) is 4.39 Å². The SMILES string of the molecule is CC12Cc3cnn(-c4ccc(F)cc4)c3C=C1CCC1C2C(O)CC2(C)C1CCC2(O)C(=O)NCc1cn(Cc2ccccc2)nn1. The van der Waals surface area contributed by atoms with E-state index < -0.39 is 23.0 Å². The van der Waals surface area contributed by atoms with Gasteiger partial charge >= 0.3 is 0 Å².